The molecule has 3 saturated heterocycles. The molecular formula is C34H32N2O2. The van der Waals surface area contributed by atoms with Crippen LogP contribution in [0.4, 0.5) is 0 Å². The van der Waals surface area contributed by atoms with Gasteiger partial charge < -0.3 is 9.64 Å². The number of carbonyl (C=O) groups excluding carboxylic acids is 1. The van der Waals surface area contributed by atoms with E-state index in [2.05, 4.69) is 53.2 Å². The van der Waals surface area contributed by atoms with Crippen molar-refractivity contribution in [3.05, 3.63) is 102 Å². The summed E-state index contributed by atoms with van der Waals surface area (Å²) in [7, 11) is 0. The van der Waals surface area contributed by atoms with Gasteiger partial charge in [0, 0.05) is 36.2 Å². The zero-order valence-electron chi connectivity index (χ0n) is 21.7. The lowest BCUT2D eigenvalue weighted by molar-refractivity contribution is -0.0701. The van der Waals surface area contributed by atoms with Crippen molar-refractivity contribution in [3.8, 4) is 0 Å². The fraction of sp³-hybridized carbons (Fsp3) is 0.294. The van der Waals surface area contributed by atoms with Crippen molar-refractivity contribution in [1.82, 2.24) is 9.88 Å². The molecule has 4 heteroatoms. The molecule has 3 fully saturated rings. The van der Waals surface area contributed by atoms with Gasteiger partial charge in [0.15, 0.2) is 0 Å². The summed E-state index contributed by atoms with van der Waals surface area (Å²) in [5, 5.41) is 5.06. The highest BCUT2D eigenvalue weighted by atomic mass is 16.5. The SMILES string of the molecule is CC[C@H]1CN2CC[C@@H]1[C@H]([C@@H](OC(=O)c1c3ccccc3cc3ccccc13)c1ccnc3ccccc13)C2. The predicted octanol–water partition coefficient (Wildman–Crippen LogP) is 7.42. The molecule has 0 N–H and O–H groups in total. The van der Waals surface area contributed by atoms with Crippen LogP contribution in [-0.4, -0.2) is 35.5 Å². The number of nitrogens with zero attached hydrogens (tertiary/aromatic N) is 2. The van der Waals surface area contributed by atoms with Gasteiger partial charge in [-0.25, -0.2) is 4.79 Å². The average Bonchev–Trinajstić information content (AvgIpc) is 2.98. The summed E-state index contributed by atoms with van der Waals surface area (Å²) in [6.07, 6.45) is 3.85. The summed E-state index contributed by atoms with van der Waals surface area (Å²) in [6.45, 7) is 5.56. The number of hydrogen-bond acceptors (Lipinski definition) is 4. The minimum absolute atomic E-state index is 0.242. The van der Waals surface area contributed by atoms with Gasteiger partial charge in [-0.1, -0.05) is 80.1 Å². The topological polar surface area (TPSA) is 42.4 Å². The quantitative estimate of drug-likeness (QED) is 0.186. The molecule has 3 aliphatic heterocycles. The molecule has 1 aromatic heterocycles. The predicted molar refractivity (Wildman–Crippen MR) is 153 cm³/mol. The van der Waals surface area contributed by atoms with Crippen molar-refractivity contribution in [1.29, 1.82) is 0 Å². The van der Waals surface area contributed by atoms with Crippen molar-refractivity contribution < 1.29 is 9.53 Å². The van der Waals surface area contributed by atoms with E-state index in [4.69, 9.17) is 4.74 Å². The molecule has 8 rings (SSSR count). The van der Waals surface area contributed by atoms with E-state index < -0.39 is 0 Å². The molecular weight excluding hydrogens is 468 g/mol. The Kier molecular flexibility index (Phi) is 5.85. The van der Waals surface area contributed by atoms with Gasteiger partial charge in [0.2, 0.25) is 0 Å². The van der Waals surface area contributed by atoms with Crippen molar-refractivity contribution in [3.63, 3.8) is 0 Å². The fourth-order valence-corrected chi connectivity index (χ4v) is 7.20. The Labute approximate surface area is 223 Å². The van der Waals surface area contributed by atoms with Crippen LogP contribution in [-0.2, 0) is 4.74 Å². The minimum Gasteiger partial charge on any atom is -0.453 e. The van der Waals surface area contributed by atoms with Crippen LogP contribution in [0.5, 0.6) is 0 Å². The van der Waals surface area contributed by atoms with Gasteiger partial charge in [-0.3, -0.25) is 4.98 Å². The molecule has 0 spiro atoms. The molecule has 4 aromatic carbocycles. The third-order valence-corrected chi connectivity index (χ3v) is 9.01. The van der Waals surface area contributed by atoms with Crippen LogP contribution >= 0.6 is 0 Å². The summed E-state index contributed by atoms with van der Waals surface area (Å²) in [5.74, 6) is 1.18. The lowest BCUT2D eigenvalue weighted by Crippen LogP contribution is -2.54. The van der Waals surface area contributed by atoms with Gasteiger partial charge >= 0.3 is 5.97 Å². The summed E-state index contributed by atoms with van der Waals surface area (Å²) >= 11 is 0. The third kappa shape index (κ3) is 3.86. The maximum Gasteiger partial charge on any atom is 0.340 e. The van der Waals surface area contributed by atoms with Gasteiger partial charge in [0.25, 0.3) is 0 Å². The van der Waals surface area contributed by atoms with E-state index in [1.54, 1.807) is 0 Å². The number of carbonyl (C=O) groups is 1. The highest BCUT2D eigenvalue weighted by molar-refractivity contribution is 6.16. The molecule has 5 aromatic rings. The normalized spacial score (nSPS) is 23.6. The van der Waals surface area contributed by atoms with E-state index in [0.29, 0.717) is 17.4 Å². The summed E-state index contributed by atoms with van der Waals surface area (Å²) in [5.41, 5.74) is 2.67. The maximum atomic E-state index is 14.3. The second-order valence-electron chi connectivity index (χ2n) is 11.0. The van der Waals surface area contributed by atoms with E-state index in [0.717, 1.165) is 70.5 Å². The monoisotopic (exact) mass is 500 g/mol. The van der Waals surface area contributed by atoms with E-state index in [1.807, 2.05) is 54.7 Å². The Balaban J connectivity index is 1.38. The summed E-state index contributed by atoms with van der Waals surface area (Å²) in [6, 6.07) is 28.7. The number of rotatable bonds is 5. The Morgan fingerprint density at radius 1 is 0.921 bits per heavy atom. The van der Waals surface area contributed by atoms with Gasteiger partial charge in [0.1, 0.15) is 6.10 Å². The number of benzene rings is 4. The molecule has 0 amide bonds. The van der Waals surface area contributed by atoms with Crippen LogP contribution < -0.4 is 0 Å². The van der Waals surface area contributed by atoms with Crippen LogP contribution in [0.25, 0.3) is 32.4 Å². The fourth-order valence-electron chi connectivity index (χ4n) is 7.20. The Morgan fingerprint density at radius 2 is 1.61 bits per heavy atom. The first-order valence-corrected chi connectivity index (χ1v) is 13.9. The molecule has 5 atom stereocenters. The lowest BCUT2D eigenvalue weighted by atomic mass is 9.68. The number of piperidine rings is 3. The zero-order valence-corrected chi connectivity index (χ0v) is 21.7. The van der Waals surface area contributed by atoms with Crippen LogP contribution in [0, 0.1) is 17.8 Å². The van der Waals surface area contributed by atoms with E-state index >= 15 is 0 Å². The van der Waals surface area contributed by atoms with Crippen molar-refractivity contribution in [2.75, 3.05) is 19.6 Å². The molecule has 4 heterocycles. The van der Waals surface area contributed by atoms with Gasteiger partial charge in [0.05, 0.1) is 11.1 Å². The number of hydrogen-bond donors (Lipinski definition) is 0. The molecule has 2 bridgehead atoms. The molecule has 4 nitrogen and oxygen atoms in total. The number of pyridine rings is 1. The lowest BCUT2D eigenvalue weighted by Gasteiger charge is -2.51. The van der Waals surface area contributed by atoms with Gasteiger partial charge in [-0.15, -0.1) is 0 Å². The smallest absolute Gasteiger partial charge is 0.340 e. The molecule has 0 radical (unpaired) electrons. The largest absolute Gasteiger partial charge is 0.453 e. The first kappa shape index (κ1) is 23.4. The standard InChI is InChI=1S/C34H32N2O2/c1-2-22-20-36-18-16-25(22)30(21-36)33(29-15-17-35-31-14-8-7-13-28(29)31)38-34(37)32-26-11-5-3-9-23(26)19-24-10-4-6-12-27(24)32/h3-15,17,19,22,25,30,33H,2,16,18,20-21H2,1H3/t22-,25-,30+,33-/m0/s1. The number of ether oxygens (including phenoxy) is 1. The van der Waals surface area contributed by atoms with Crippen LogP contribution in [0.15, 0.2) is 91.1 Å². The Morgan fingerprint density at radius 3 is 2.32 bits per heavy atom. The molecule has 0 aliphatic carbocycles. The maximum absolute atomic E-state index is 14.3. The van der Waals surface area contributed by atoms with Gasteiger partial charge in [-0.05, 0) is 64.5 Å². The number of para-hydroxylation sites is 1. The number of esters is 1. The van der Waals surface area contributed by atoms with Crippen molar-refractivity contribution in [2.24, 2.45) is 17.8 Å². The van der Waals surface area contributed by atoms with Crippen molar-refractivity contribution >= 4 is 38.4 Å². The number of fused-ring (bicyclic) bond motifs is 6. The minimum atomic E-state index is -0.338. The van der Waals surface area contributed by atoms with E-state index in [-0.39, 0.29) is 18.0 Å². The summed E-state index contributed by atoms with van der Waals surface area (Å²) in [4.78, 5) is 21.5. The van der Waals surface area contributed by atoms with Gasteiger partial charge in [-0.2, -0.15) is 0 Å². The van der Waals surface area contributed by atoms with Crippen LogP contribution in [0.1, 0.15) is 41.8 Å². The van der Waals surface area contributed by atoms with Crippen LogP contribution in [0.3, 0.4) is 0 Å². The van der Waals surface area contributed by atoms with Crippen molar-refractivity contribution in [2.45, 2.75) is 25.9 Å². The Hall–Kier alpha value is -3.76. The molecule has 38 heavy (non-hydrogen) atoms. The first-order valence-electron chi connectivity index (χ1n) is 13.9. The molecule has 190 valence electrons. The zero-order chi connectivity index (χ0) is 25.6. The highest BCUT2D eigenvalue weighted by Gasteiger charge is 2.45. The van der Waals surface area contributed by atoms with E-state index in [1.165, 1.54) is 0 Å². The second kappa shape index (κ2) is 9.52. The first-order chi connectivity index (χ1) is 18.7. The average molecular weight is 501 g/mol. The highest BCUT2D eigenvalue weighted by Crippen LogP contribution is 2.47. The third-order valence-electron chi connectivity index (χ3n) is 9.01. The number of aromatic nitrogens is 1. The molecule has 3 aliphatic rings. The Bertz CT molecular complexity index is 1600. The second-order valence-corrected chi connectivity index (χ2v) is 11.0. The summed E-state index contributed by atoms with van der Waals surface area (Å²) < 4.78 is 6.74. The van der Waals surface area contributed by atoms with E-state index in [9.17, 15) is 4.79 Å². The molecule has 1 unspecified atom stereocenters. The van der Waals surface area contributed by atoms with Crippen LogP contribution in [0.2, 0.25) is 0 Å². The molecule has 0 saturated carbocycles.